The van der Waals surface area contributed by atoms with Crippen LogP contribution in [0.25, 0.3) is 0 Å². The topological polar surface area (TPSA) is 77.6 Å². The van der Waals surface area contributed by atoms with Crippen molar-refractivity contribution in [2.24, 2.45) is 0 Å². The van der Waals surface area contributed by atoms with E-state index >= 15 is 0 Å². The van der Waals surface area contributed by atoms with Gasteiger partial charge in [0, 0.05) is 25.4 Å². The molecule has 2 aromatic rings. The van der Waals surface area contributed by atoms with Crippen LogP contribution in [-0.2, 0) is 22.6 Å². The Morgan fingerprint density at radius 3 is 2.93 bits per heavy atom. The summed E-state index contributed by atoms with van der Waals surface area (Å²) in [6, 6.07) is 7.86. The Bertz CT molecular complexity index is 883. The third-order valence-electron chi connectivity index (χ3n) is 4.41. The number of anilines is 2. The zero-order valence-corrected chi connectivity index (χ0v) is 17.5. The van der Waals surface area contributed by atoms with Gasteiger partial charge in [-0.05, 0) is 30.3 Å². The number of hydrogen-bond acceptors (Lipinski definition) is 5. The fourth-order valence-corrected chi connectivity index (χ4v) is 4.11. The van der Waals surface area contributed by atoms with Crippen molar-refractivity contribution in [1.29, 1.82) is 0 Å². The predicted molar refractivity (Wildman–Crippen MR) is 115 cm³/mol. The summed E-state index contributed by atoms with van der Waals surface area (Å²) in [7, 11) is 0. The molecule has 28 heavy (non-hydrogen) atoms. The van der Waals surface area contributed by atoms with Crippen molar-refractivity contribution in [3.05, 3.63) is 40.9 Å². The number of carbonyl (C=O) groups excluding carboxylic acids is 2. The van der Waals surface area contributed by atoms with Gasteiger partial charge in [0.25, 0.3) is 0 Å². The Hall–Kier alpha value is -2.52. The summed E-state index contributed by atoms with van der Waals surface area (Å²) < 4.78 is 0. The molecule has 3 rings (SSSR count). The third-order valence-corrected chi connectivity index (χ3v) is 5.68. The number of nitrogens with zero attached hydrogens (tertiary/aromatic N) is 3. The molecule has 1 aromatic carbocycles. The summed E-state index contributed by atoms with van der Waals surface area (Å²) in [5.74, 6) is -0.109. The molecule has 0 saturated carbocycles. The lowest BCUT2D eigenvalue weighted by Crippen LogP contribution is -2.52. The average molecular weight is 418 g/mol. The molecule has 0 unspecified atom stereocenters. The van der Waals surface area contributed by atoms with Gasteiger partial charge in [0.05, 0.1) is 24.5 Å². The SMILES string of the molecule is CCc1ccccc1N(C(C)=O)c1nc(CNC(=S)N2CCNC(=O)C2)cs1. The number of rotatable bonds is 5. The second kappa shape index (κ2) is 9.11. The van der Waals surface area contributed by atoms with Crippen LogP contribution >= 0.6 is 23.6 Å². The van der Waals surface area contributed by atoms with Gasteiger partial charge in [0.15, 0.2) is 10.2 Å². The van der Waals surface area contributed by atoms with Gasteiger partial charge in [-0.25, -0.2) is 4.98 Å². The van der Waals surface area contributed by atoms with Crippen molar-refractivity contribution >= 4 is 51.3 Å². The molecule has 1 saturated heterocycles. The fourth-order valence-electron chi connectivity index (χ4n) is 3.01. The van der Waals surface area contributed by atoms with Gasteiger partial charge < -0.3 is 15.5 Å². The Morgan fingerprint density at radius 1 is 1.43 bits per heavy atom. The molecule has 2 N–H and O–H groups in total. The van der Waals surface area contributed by atoms with Gasteiger partial charge in [0.1, 0.15) is 0 Å². The molecule has 9 heteroatoms. The van der Waals surface area contributed by atoms with Crippen molar-refractivity contribution in [1.82, 2.24) is 20.5 Å². The van der Waals surface area contributed by atoms with Crippen molar-refractivity contribution in [3.63, 3.8) is 0 Å². The van der Waals surface area contributed by atoms with Crippen LogP contribution in [0, 0.1) is 0 Å². The number of carbonyl (C=O) groups is 2. The smallest absolute Gasteiger partial charge is 0.239 e. The second-order valence-electron chi connectivity index (χ2n) is 6.39. The molecule has 1 aromatic heterocycles. The lowest BCUT2D eigenvalue weighted by Gasteiger charge is -2.29. The molecule has 0 aliphatic carbocycles. The minimum absolute atomic E-state index is 0.0296. The Balaban J connectivity index is 1.70. The van der Waals surface area contributed by atoms with Crippen molar-refractivity contribution < 1.29 is 9.59 Å². The normalized spacial score (nSPS) is 13.8. The summed E-state index contributed by atoms with van der Waals surface area (Å²) in [4.78, 5) is 31.9. The number of para-hydroxylation sites is 1. The molecular formula is C19H23N5O2S2. The first-order chi connectivity index (χ1) is 13.5. The van der Waals surface area contributed by atoms with Gasteiger partial charge in [-0.3, -0.25) is 14.5 Å². The number of thiocarbonyl (C=S) groups is 1. The van der Waals surface area contributed by atoms with E-state index in [1.165, 1.54) is 11.3 Å². The molecule has 148 valence electrons. The predicted octanol–water partition coefficient (Wildman–Crippen LogP) is 2.20. The zero-order valence-electron chi connectivity index (χ0n) is 15.9. The molecule has 1 aliphatic rings. The van der Waals surface area contributed by atoms with Crippen molar-refractivity contribution in [2.45, 2.75) is 26.8 Å². The molecule has 2 heterocycles. The summed E-state index contributed by atoms with van der Waals surface area (Å²) in [5, 5.41) is 9.01. The van der Waals surface area contributed by atoms with Crippen LogP contribution < -0.4 is 15.5 Å². The Morgan fingerprint density at radius 2 is 2.21 bits per heavy atom. The van der Waals surface area contributed by atoms with Crippen molar-refractivity contribution in [2.75, 3.05) is 24.5 Å². The van der Waals surface area contributed by atoms with Gasteiger partial charge in [-0.15, -0.1) is 11.3 Å². The van der Waals surface area contributed by atoms with Gasteiger partial charge in [0.2, 0.25) is 11.8 Å². The lowest BCUT2D eigenvalue weighted by atomic mass is 10.1. The Kier molecular flexibility index (Phi) is 6.58. The van der Waals surface area contributed by atoms with Crippen LogP contribution in [0.4, 0.5) is 10.8 Å². The number of hydrogen-bond donors (Lipinski definition) is 2. The molecule has 0 bridgehead atoms. The number of aryl methyl sites for hydroxylation is 1. The maximum Gasteiger partial charge on any atom is 0.239 e. The minimum atomic E-state index is -0.0791. The maximum atomic E-state index is 12.3. The number of aromatic nitrogens is 1. The van der Waals surface area contributed by atoms with Crippen LogP contribution in [0.5, 0.6) is 0 Å². The average Bonchev–Trinajstić information content (AvgIpc) is 3.14. The van der Waals surface area contributed by atoms with Crippen LogP contribution in [0.15, 0.2) is 29.6 Å². The third kappa shape index (κ3) is 4.66. The Labute approximate surface area is 173 Å². The van der Waals surface area contributed by atoms with Crippen LogP contribution in [-0.4, -0.2) is 46.4 Å². The van der Waals surface area contributed by atoms with E-state index in [0.717, 1.165) is 23.4 Å². The number of benzene rings is 1. The monoisotopic (exact) mass is 417 g/mol. The number of thiazole rings is 1. The van der Waals surface area contributed by atoms with Gasteiger partial charge in [-0.1, -0.05) is 25.1 Å². The molecular weight excluding hydrogens is 394 g/mol. The first-order valence-corrected chi connectivity index (χ1v) is 10.4. The van der Waals surface area contributed by atoms with E-state index in [1.807, 2.05) is 34.5 Å². The highest BCUT2D eigenvalue weighted by Crippen LogP contribution is 2.31. The maximum absolute atomic E-state index is 12.3. The van der Waals surface area contributed by atoms with E-state index in [4.69, 9.17) is 12.2 Å². The molecule has 1 fully saturated rings. The van der Waals surface area contributed by atoms with Crippen LogP contribution in [0.2, 0.25) is 0 Å². The molecule has 0 spiro atoms. The molecule has 1 aliphatic heterocycles. The van der Waals surface area contributed by atoms with Crippen LogP contribution in [0.1, 0.15) is 25.1 Å². The summed E-state index contributed by atoms with van der Waals surface area (Å²) in [6.07, 6.45) is 0.831. The summed E-state index contributed by atoms with van der Waals surface area (Å²) >= 11 is 6.80. The largest absolute Gasteiger partial charge is 0.357 e. The fraction of sp³-hybridized carbons (Fsp3) is 0.368. The van der Waals surface area contributed by atoms with Gasteiger partial charge in [-0.2, -0.15) is 0 Å². The molecule has 2 amide bonds. The number of piperazine rings is 1. The summed E-state index contributed by atoms with van der Waals surface area (Å²) in [5.41, 5.74) is 2.75. The first-order valence-electron chi connectivity index (χ1n) is 9.12. The molecule has 7 nitrogen and oxygen atoms in total. The van der Waals surface area contributed by atoms with Crippen molar-refractivity contribution in [3.8, 4) is 0 Å². The minimum Gasteiger partial charge on any atom is -0.357 e. The number of amides is 2. The highest BCUT2D eigenvalue weighted by Gasteiger charge is 2.21. The van der Waals surface area contributed by atoms with E-state index in [1.54, 1.807) is 11.8 Å². The number of nitrogens with one attached hydrogen (secondary N) is 2. The van der Waals surface area contributed by atoms with Crippen LogP contribution in [0.3, 0.4) is 0 Å². The van der Waals surface area contributed by atoms with E-state index in [0.29, 0.717) is 29.9 Å². The zero-order chi connectivity index (χ0) is 20.1. The second-order valence-corrected chi connectivity index (χ2v) is 7.61. The standard InChI is InChI=1S/C19H23N5O2S2/c1-3-14-6-4-5-7-16(14)24(13(2)25)19-22-15(12-28-19)10-21-18(27)23-9-8-20-17(26)11-23/h4-7,12H,3,8-11H2,1-2H3,(H,20,26)(H,21,27). The quantitative estimate of drug-likeness (QED) is 0.727. The lowest BCUT2D eigenvalue weighted by molar-refractivity contribution is -0.122. The van der Waals surface area contributed by atoms with E-state index in [9.17, 15) is 9.59 Å². The van der Waals surface area contributed by atoms with Gasteiger partial charge >= 0.3 is 0 Å². The van der Waals surface area contributed by atoms with E-state index in [2.05, 4.69) is 22.5 Å². The first kappa shape index (κ1) is 20.2. The van der Waals surface area contributed by atoms with E-state index in [-0.39, 0.29) is 18.4 Å². The molecule has 0 atom stereocenters. The summed E-state index contributed by atoms with van der Waals surface area (Å²) in [6.45, 7) is 5.59. The highest BCUT2D eigenvalue weighted by atomic mass is 32.1. The highest BCUT2D eigenvalue weighted by molar-refractivity contribution is 7.80. The van der Waals surface area contributed by atoms with E-state index < -0.39 is 0 Å². The molecule has 0 radical (unpaired) electrons.